The number of aryl methyl sites for hydroxylation is 2. The Hall–Kier alpha value is -1.39. The standard InChI is InChI=1S/C17H19FO2S/c1-20-15-7-6-11(8-13(15)18)9-14(19)17-10-12-4-2-3-5-16(12)21-17/h6-8,10,14,19H,2-5,9H2,1H3. The Bertz CT molecular complexity index is 612. The number of methoxy groups -OCH3 is 1. The molecule has 2 aromatic rings. The Morgan fingerprint density at radius 2 is 2.10 bits per heavy atom. The third-order valence-corrected chi connectivity index (χ3v) is 5.33. The fraction of sp³-hybridized carbons (Fsp3) is 0.412. The molecule has 1 aliphatic carbocycles. The molecule has 0 aliphatic heterocycles. The minimum atomic E-state index is -0.562. The summed E-state index contributed by atoms with van der Waals surface area (Å²) in [4.78, 5) is 2.41. The molecule has 0 fully saturated rings. The van der Waals surface area contributed by atoms with Crippen LogP contribution >= 0.6 is 11.3 Å². The molecule has 2 nitrogen and oxygen atoms in total. The lowest BCUT2D eigenvalue weighted by molar-refractivity contribution is 0.182. The molecule has 0 radical (unpaired) electrons. The van der Waals surface area contributed by atoms with E-state index in [2.05, 4.69) is 6.07 Å². The zero-order chi connectivity index (χ0) is 14.8. The van der Waals surface area contributed by atoms with E-state index in [1.165, 1.54) is 36.5 Å². The molecule has 3 rings (SSSR count). The first-order valence-corrected chi connectivity index (χ1v) is 8.11. The van der Waals surface area contributed by atoms with Gasteiger partial charge in [0.15, 0.2) is 11.6 Å². The van der Waals surface area contributed by atoms with Crippen LogP contribution in [-0.2, 0) is 19.3 Å². The van der Waals surface area contributed by atoms with E-state index in [-0.39, 0.29) is 11.6 Å². The third kappa shape index (κ3) is 3.11. The van der Waals surface area contributed by atoms with Crippen LogP contribution in [0.15, 0.2) is 24.3 Å². The number of fused-ring (bicyclic) bond motifs is 1. The van der Waals surface area contributed by atoms with Gasteiger partial charge >= 0.3 is 0 Å². The van der Waals surface area contributed by atoms with Crippen molar-refractivity contribution < 1.29 is 14.2 Å². The predicted molar refractivity (Wildman–Crippen MR) is 82.6 cm³/mol. The number of aliphatic hydroxyl groups excluding tert-OH is 1. The van der Waals surface area contributed by atoms with Gasteiger partial charge in [0.05, 0.1) is 13.2 Å². The van der Waals surface area contributed by atoms with Crippen LogP contribution in [0.3, 0.4) is 0 Å². The Labute approximate surface area is 128 Å². The lowest BCUT2D eigenvalue weighted by Crippen LogP contribution is -2.00. The van der Waals surface area contributed by atoms with Crippen molar-refractivity contribution in [3.63, 3.8) is 0 Å². The van der Waals surface area contributed by atoms with Gasteiger partial charge in [-0.2, -0.15) is 0 Å². The van der Waals surface area contributed by atoms with Gasteiger partial charge in [0.2, 0.25) is 0 Å². The average Bonchev–Trinajstić information content (AvgIpc) is 2.91. The molecule has 0 bridgehead atoms. The molecule has 1 N–H and O–H groups in total. The Balaban J connectivity index is 1.75. The van der Waals surface area contributed by atoms with Gasteiger partial charge in [-0.3, -0.25) is 0 Å². The van der Waals surface area contributed by atoms with Gasteiger partial charge in [-0.05, 0) is 55.0 Å². The van der Waals surface area contributed by atoms with Crippen LogP contribution in [0.25, 0.3) is 0 Å². The summed E-state index contributed by atoms with van der Waals surface area (Å²) in [6, 6.07) is 6.98. The summed E-state index contributed by atoms with van der Waals surface area (Å²) >= 11 is 1.71. The predicted octanol–water partition coefficient (Wildman–Crippen LogP) is 4.05. The van der Waals surface area contributed by atoms with E-state index < -0.39 is 6.10 Å². The number of benzene rings is 1. The van der Waals surface area contributed by atoms with E-state index in [0.717, 1.165) is 23.3 Å². The van der Waals surface area contributed by atoms with Gasteiger partial charge in [-0.1, -0.05) is 6.07 Å². The second-order valence-corrected chi connectivity index (χ2v) is 6.66. The second kappa shape index (κ2) is 6.16. The molecular weight excluding hydrogens is 287 g/mol. The molecule has 1 heterocycles. The highest BCUT2D eigenvalue weighted by Gasteiger charge is 2.18. The molecule has 0 saturated heterocycles. The molecule has 1 atom stereocenters. The minimum Gasteiger partial charge on any atom is -0.494 e. The van der Waals surface area contributed by atoms with Crippen LogP contribution in [0.1, 0.15) is 39.8 Å². The maximum Gasteiger partial charge on any atom is 0.165 e. The number of thiophene rings is 1. The van der Waals surface area contributed by atoms with Crippen LogP contribution in [-0.4, -0.2) is 12.2 Å². The van der Waals surface area contributed by atoms with Crippen molar-refractivity contribution in [2.75, 3.05) is 7.11 Å². The third-order valence-electron chi connectivity index (χ3n) is 3.99. The summed E-state index contributed by atoms with van der Waals surface area (Å²) in [6.07, 6.45) is 4.60. The Morgan fingerprint density at radius 1 is 1.29 bits per heavy atom. The van der Waals surface area contributed by atoms with Crippen molar-refractivity contribution in [1.82, 2.24) is 0 Å². The summed E-state index contributed by atoms with van der Waals surface area (Å²) in [5.41, 5.74) is 2.17. The normalized spacial score (nSPS) is 15.6. The van der Waals surface area contributed by atoms with Crippen LogP contribution in [0, 0.1) is 5.82 Å². The fourth-order valence-electron chi connectivity index (χ4n) is 2.84. The number of halogens is 1. The highest BCUT2D eigenvalue weighted by molar-refractivity contribution is 7.12. The van der Waals surface area contributed by atoms with Gasteiger partial charge in [0.1, 0.15) is 0 Å². The molecule has 1 aromatic carbocycles. The summed E-state index contributed by atoms with van der Waals surface area (Å²) in [5.74, 6) is -0.146. The molecule has 1 unspecified atom stereocenters. The smallest absolute Gasteiger partial charge is 0.165 e. The number of ether oxygens (including phenoxy) is 1. The maximum atomic E-state index is 13.7. The number of aliphatic hydroxyl groups is 1. The lowest BCUT2D eigenvalue weighted by atomic mass is 9.98. The monoisotopic (exact) mass is 306 g/mol. The molecule has 1 aromatic heterocycles. The van der Waals surface area contributed by atoms with Crippen LogP contribution < -0.4 is 4.74 Å². The molecule has 1 aliphatic rings. The molecule has 0 saturated carbocycles. The van der Waals surface area contributed by atoms with Gasteiger partial charge in [-0.15, -0.1) is 11.3 Å². The zero-order valence-corrected chi connectivity index (χ0v) is 12.9. The van der Waals surface area contributed by atoms with Crippen molar-refractivity contribution in [2.24, 2.45) is 0 Å². The molecule has 4 heteroatoms. The quantitative estimate of drug-likeness (QED) is 0.923. The lowest BCUT2D eigenvalue weighted by Gasteiger charge is -2.10. The number of hydrogen-bond donors (Lipinski definition) is 1. The van der Waals surface area contributed by atoms with E-state index >= 15 is 0 Å². The van der Waals surface area contributed by atoms with Crippen molar-refractivity contribution in [1.29, 1.82) is 0 Å². The summed E-state index contributed by atoms with van der Waals surface area (Å²) in [5, 5.41) is 10.4. The Morgan fingerprint density at radius 3 is 2.81 bits per heavy atom. The summed E-state index contributed by atoms with van der Waals surface area (Å²) in [7, 11) is 1.45. The first-order chi connectivity index (χ1) is 10.2. The molecule has 0 spiro atoms. The average molecular weight is 306 g/mol. The van der Waals surface area contributed by atoms with E-state index in [4.69, 9.17) is 4.74 Å². The number of hydrogen-bond acceptors (Lipinski definition) is 3. The topological polar surface area (TPSA) is 29.5 Å². The van der Waals surface area contributed by atoms with Crippen molar-refractivity contribution in [2.45, 2.75) is 38.2 Å². The van der Waals surface area contributed by atoms with E-state index in [9.17, 15) is 9.50 Å². The molecular formula is C17H19FO2S. The Kier molecular flexibility index (Phi) is 4.27. The van der Waals surface area contributed by atoms with E-state index in [0.29, 0.717) is 6.42 Å². The number of rotatable bonds is 4. The minimum absolute atomic E-state index is 0.236. The molecule has 21 heavy (non-hydrogen) atoms. The van der Waals surface area contributed by atoms with Crippen LogP contribution in [0.2, 0.25) is 0 Å². The van der Waals surface area contributed by atoms with Gasteiger partial charge < -0.3 is 9.84 Å². The van der Waals surface area contributed by atoms with E-state index in [1.807, 2.05) is 0 Å². The van der Waals surface area contributed by atoms with E-state index in [1.54, 1.807) is 23.5 Å². The van der Waals surface area contributed by atoms with Crippen LogP contribution in [0.5, 0.6) is 5.75 Å². The summed E-state index contributed by atoms with van der Waals surface area (Å²) in [6.45, 7) is 0. The molecule has 112 valence electrons. The first kappa shape index (κ1) is 14.5. The highest BCUT2D eigenvalue weighted by atomic mass is 32.1. The van der Waals surface area contributed by atoms with Gasteiger partial charge in [0, 0.05) is 16.2 Å². The second-order valence-electron chi connectivity index (χ2n) is 5.49. The van der Waals surface area contributed by atoms with Crippen molar-refractivity contribution >= 4 is 11.3 Å². The molecule has 0 amide bonds. The van der Waals surface area contributed by atoms with Crippen molar-refractivity contribution in [3.05, 3.63) is 51.0 Å². The van der Waals surface area contributed by atoms with Gasteiger partial charge in [0.25, 0.3) is 0 Å². The van der Waals surface area contributed by atoms with Crippen LogP contribution in [0.4, 0.5) is 4.39 Å². The van der Waals surface area contributed by atoms with Gasteiger partial charge in [-0.25, -0.2) is 4.39 Å². The SMILES string of the molecule is COc1ccc(CC(O)c2cc3c(s2)CCCC3)cc1F. The fourth-order valence-corrected chi connectivity index (χ4v) is 4.08. The largest absolute Gasteiger partial charge is 0.494 e. The zero-order valence-electron chi connectivity index (χ0n) is 12.1. The van der Waals surface area contributed by atoms with Crippen molar-refractivity contribution in [3.8, 4) is 5.75 Å². The maximum absolute atomic E-state index is 13.7. The highest BCUT2D eigenvalue weighted by Crippen LogP contribution is 2.34. The first-order valence-electron chi connectivity index (χ1n) is 7.29. The summed E-state index contributed by atoms with van der Waals surface area (Å²) < 4.78 is 18.6.